The first-order valence-electron chi connectivity index (χ1n) is 5.20. The topological polar surface area (TPSA) is 55.0 Å². The van der Waals surface area contributed by atoms with E-state index in [0.717, 1.165) is 31.9 Å². The van der Waals surface area contributed by atoms with E-state index in [4.69, 9.17) is 17.3 Å². The van der Waals surface area contributed by atoms with Crippen molar-refractivity contribution in [1.29, 1.82) is 0 Å². The van der Waals surface area contributed by atoms with Gasteiger partial charge in [-0.25, -0.2) is 9.97 Å². The van der Waals surface area contributed by atoms with Crippen molar-refractivity contribution in [1.82, 2.24) is 9.97 Å². The van der Waals surface area contributed by atoms with Crippen LogP contribution in [0.1, 0.15) is 19.8 Å². The van der Waals surface area contributed by atoms with Crippen molar-refractivity contribution in [3.8, 4) is 0 Å². The molecule has 0 spiro atoms. The summed E-state index contributed by atoms with van der Waals surface area (Å²) in [6.45, 7) is 4.66. The molecule has 1 aromatic rings. The molecule has 0 aliphatic carbocycles. The van der Waals surface area contributed by atoms with Gasteiger partial charge in [-0.1, -0.05) is 18.5 Å². The Kier molecular flexibility index (Phi) is 5.36. The van der Waals surface area contributed by atoms with E-state index in [9.17, 15) is 0 Å². The van der Waals surface area contributed by atoms with Crippen molar-refractivity contribution in [3.05, 3.63) is 17.4 Å². The van der Waals surface area contributed by atoms with Gasteiger partial charge < -0.3 is 10.6 Å². The number of nitrogens with zero attached hydrogens (tertiary/aromatic N) is 3. The fourth-order valence-electron chi connectivity index (χ4n) is 1.33. The molecule has 5 heteroatoms. The average molecular weight is 229 g/mol. The van der Waals surface area contributed by atoms with E-state index in [1.807, 2.05) is 0 Å². The Hall–Kier alpha value is -0.870. The van der Waals surface area contributed by atoms with Crippen LogP contribution in [0.25, 0.3) is 0 Å². The largest absolute Gasteiger partial charge is 0.341 e. The zero-order valence-electron chi connectivity index (χ0n) is 8.99. The summed E-state index contributed by atoms with van der Waals surface area (Å²) in [4.78, 5) is 10.5. The van der Waals surface area contributed by atoms with Gasteiger partial charge in [0.05, 0.1) is 17.4 Å². The lowest BCUT2D eigenvalue weighted by Crippen LogP contribution is -2.28. The minimum atomic E-state index is 0.564. The molecular weight excluding hydrogens is 212 g/mol. The smallest absolute Gasteiger partial charge is 0.225 e. The van der Waals surface area contributed by atoms with E-state index in [1.54, 1.807) is 12.4 Å². The van der Waals surface area contributed by atoms with E-state index in [0.29, 0.717) is 11.6 Å². The van der Waals surface area contributed by atoms with Crippen LogP contribution in [0.3, 0.4) is 0 Å². The Morgan fingerprint density at radius 2 is 2.00 bits per heavy atom. The summed E-state index contributed by atoms with van der Waals surface area (Å²) in [5, 5.41) is 0.564. The van der Waals surface area contributed by atoms with Crippen LogP contribution in [-0.2, 0) is 0 Å². The van der Waals surface area contributed by atoms with Gasteiger partial charge in [0.2, 0.25) is 5.95 Å². The fourth-order valence-corrected chi connectivity index (χ4v) is 1.43. The number of halogens is 1. The number of nitrogens with two attached hydrogens (primary N) is 1. The first-order chi connectivity index (χ1) is 7.27. The Labute approximate surface area is 95.5 Å². The summed E-state index contributed by atoms with van der Waals surface area (Å²) < 4.78 is 0. The molecule has 0 bridgehead atoms. The van der Waals surface area contributed by atoms with Crippen LogP contribution in [0.15, 0.2) is 12.4 Å². The lowest BCUT2D eigenvalue weighted by molar-refractivity contribution is 0.701. The Bertz CT molecular complexity index is 275. The summed E-state index contributed by atoms with van der Waals surface area (Å²) in [5.74, 6) is 0.731. The van der Waals surface area contributed by atoms with Gasteiger partial charge in [-0.2, -0.15) is 0 Å². The van der Waals surface area contributed by atoms with Crippen LogP contribution in [0.2, 0.25) is 5.02 Å². The van der Waals surface area contributed by atoms with E-state index >= 15 is 0 Å². The predicted octanol–water partition coefficient (Wildman–Crippen LogP) is 1.70. The molecule has 0 aromatic carbocycles. The molecule has 0 aliphatic rings. The molecule has 0 unspecified atom stereocenters. The summed E-state index contributed by atoms with van der Waals surface area (Å²) in [7, 11) is 0. The fraction of sp³-hybridized carbons (Fsp3) is 0.600. The van der Waals surface area contributed by atoms with Gasteiger partial charge >= 0.3 is 0 Å². The number of hydrogen-bond acceptors (Lipinski definition) is 4. The highest BCUT2D eigenvalue weighted by atomic mass is 35.5. The molecule has 1 rings (SSSR count). The SMILES string of the molecule is CCCN(CCCN)c1ncc(Cl)cn1. The van der Waals surface area contributed by atoms with Gasteiger partial charge in [-0.05, 0) is 19.4 Å². The average Bonchev–Trinajstić information content (AvgIpc) is 2.25. The van der Waals surface area contributed by atoms with Crippen molar-refractivity contribution in [2.75, 3.05) is 24.5 Å². The van der Waals surface area contributed by atoms with E-state index in [-0.39, 0.29) is 0 Å². The monoisotopic (exact) mass is 228 g/mol. The number of aromatic nitrogens is 2. The number of anilines is 1. The van der Waals surface area contributed by atoms with Crippen molar-refractivity contribution in [3.63, 3.8) is 0 Å². The quantitative estimate of drug-likeness (QED) is 0.805. The van der Waals surface area contributed by atoms with Crippen LogP contribution >= 0.6 is 11.6 Å². The molecule has 0 atom stereocenters. The second-order valence-electron chi connectivity index (χ2n) is 3.33. The summed E-state index contributed by atoms with van der Waals surface area (Å²) in [6, 6.07) is 0. The third-order valence-corrected chi connectivity index (χ3v) is 2.21. The minimum Gasteiger partial charge on any atom is -0.341 e. The van der Waals surface area contributed by atoms with Crippen LogP contribution in [0.5, 0.6) is 0 Å². The second-order valence-corrected chi connectivity index (χ2v) is 3.77. The highest BCUT2D eigenvalue weighted by Crippen LogP contribution is 2.10. The Morgan fingerprint density at radius 1 is 1.33 bits per heavy atom. The maximum atomic E-state index is 5.73. The molecule has 2 N–H and O–H groups in total. The van der Waals surface area contributed by atoms with Crippen LogP contribution < -0.4 is 10.6 Å². The summed E-state index contributed by atoms with van der Waals surface area (Å²) in [5.41, 5.74) is 5.49. The number of rotatable bonds is 6. The zero-order chi connectivity index (χ0) is 11.1. The molecule has 1 aromatic heterocycles. The van der Waals surface area contributed by atoms with Gasteiger partial charge in [0.1, 0.15) is 0 Å². The molecule has 4 nitrogen and oxygen atoms in total. The highest BCUT2D eigenvalue weighted by molar-refractivity contribution is 6.30. The minimum absolute atomic E-state index is 0.564. The molecule has 15 heavy (non-hydrogen) atoms. The van der Waals surface area contributed by atoms with Gasteiger partial charge in [0.15, 0.2) is 0 Å². The van der Waals surface area contributed by atoms with Crippen molar-refractivity contribution < 1.29 is 0 Å². The molecule has 0 amide bonds. The van der Waals surface area contributed by atoms with Crippen molar-refractivity contribution in [2.45, 2.75) is 19.8 Å². The normalized spacial score (nSPS) is 10.3. The number of hydrogen-bond donors (Lipinski definition) is 1. The van der Waals surface area contributed by atoms with Gasteiger partial charge in [-0.3, -0.25) is 0 Å². The van der Waals surface area contributed by atoms with Crippen LogP contribution in [0, 0.1) is 0 Å². The first kappa shape index (κ1) is 12.2. The molecule has 84 valence electrons. The van der Waals surface area contributed by atoms with Crippen LogP contribution in [-0.4, -0.2) is 29.6 Å². The van der Waals surface area contributed by atoms with Gasteiger partial charge in [0, 0.05) is 13.1 Å². The summed E-state index contributed by atoms with van der Waals surface area (Å²) in [6.07, 6.45) is 5.26. The molecule has 0 aliphatic heterocycles. The van der Waals surface area contributed by atoms with Crippen LogP contribution in [0.4, 0.5) is 5.95 Å². The lowest BCUT2D eigenvalue weighted by Gasteiger charge is -2.21. The summed E-state index contributed by atoms with van der Waals surface area (Å²) >= 11 is 5.73. The molecular formula is C10H17ClN4. The molecule has 0 saturated heterocycles. The second kappa shape index (κ2) is 6.58. The van der Waals surface area contributed by atoms with E-state index in [2.05, 4.69) is 21.8 Å². The highest BCUT2D eigenvalue weighted by Gasteiger charge is 2.07. The third kappa shape index (κ3) is 4.01. The Morgan fingerprint density at radius 3 is 2.53 bits per heavy atom. The molecule has 0 radical (unpaired) electrons. The standard InChI is InChI=1S/C10H17ClN4/c1-2-5-15(6-3-4-12)10-13-7-9(11)8-14-10/h7-8H,2-6,12H2,1H3. The van der Waals surface area contributed by atoms with Gasteiger partial charge in [0.25, 0.3) is 0 Å². The van der Waals surface area contributed by atoms with E-state index < -0.39 is 0 Å². The molecule has 1 heterocycles. The Balaban J connectivity index is 2.65. The third-order valence-electron chi connectivity index (χ3n) is 2.02. The maximum Gasteiger partial charge on any atom is 0.225 e. The lowest BCUT2D eigenvalue weighted by atomic mass is 10.3. The molecule has 0 fully saturated rings. The zero-order valence-corrected chi connectivity index (χ0v) is 9.74. The van der Waals surface area contributed by atoms with Crippen molar-refractivity contribution in [2.24, 2.45) is 5.73 Å². The van der Waals surface area contributed by atoms with Gasteiger partial charge in [-0.15, -0.1) is 0 Å². The maximum absolute atomic E-state index is 5.73. The molecule has 0 saturated carbocycles. The van der Waals surface area contributed by atoms with Crippen molar-refractivity contribution >= 4 is 17.5 Å². The van der Waals surface area contributed by atoms with E-state index in [1.165, 1.54) is 0 Å². The predicted molar refractivity (Wildman–Crippen MR) is 63.2 cm³/mol. The first-order valence-corrected chi connectivity index (χ1v) is 5.58.